The van der Waals surface area contributed by atoms with Crippen molar-refractivity contribution in [3.8, 4) is 34.0 Å². The van der Waals surface area contributed by atoms with E-state index in [2.05, 4.69) is 24.3 Å². The Kier molecular flexibility index (Phi) is 4.52. The van der Waals surface area contributed by atoms with Crippen LogP contribution in [0.3, 0.4) is 0 Å². The molecule has 0 amide bonds. The molecule has 0 N–H and O–H groups in total. The van der Waals surface area contributed by atoms with Gasteiger partial charge in [0.2, 0.25) is 0 Å². The van der Waals surface area contributed by atoms with Crippen LogP contribution >= 0.6 is 0 Å². The maximum absolute atomic E-state index is 5.53. The van der Waals surface area contributed by atoms with E-state index < -0.39 is 0 Å². The normalized spacial score (nSPS) is 11.0. The Hall–Kier alpha value is -3.92. The van der Waals surface area contributed by atoms with Crippen LogP contribution < -0.4 is 9.47 Å². The van der Waals surface area contributed by atoms with Gasteiger partial charge in [0.15, 0.2) is 0 Å². The molecule has 0 aliphatic heterocycles. The molecule has 0 unspecified atom stereocenters. The average molecular weight is 392 g/mol. The van der Waals surface area contributed by atoms with Crippen LogP contribution in [-0.4, -0.2) is 24.2 Å². The Morgan fingerprint density at radius 1 is 0.500 bits per heavy atom. The molecule has 4 heteroatoms. The molecule has 0 atom stereocenters. The van der Waals surface area contributed by atoms with Crippen LogP contribution in [0.4, 0.5) is 0 Å². The maximum Gasteiger partial charge on any atom is 0.128 e. The van der Waals surface area contributed by atoms with Gasteiger partial charge in [-0.05, 0) is 36.4 Å². The lowest BCUT2D eigenvalue weighted by molar-refractivity contribution is 0.416. The highest BCUT2D eigenvalue weighted by atomic mass is 16.5. The second-order valence-electron chi connectivity index (χ2n) is 7.00. The molecule has 3 aromatic carbocycles. The number of methoxy groups -OCH3 is 2. The third-order valence-corrected chi connectivity index (χ3v) is 5.29. The molecule has 30 heavy (non-hydrogen) atoms. The summed E-state index contributed by atoms with van der Waals surface area (Å²) in [5.41, 5.74) is 5.37. The Labute approximate surface area is 174 Å². The van der Waals surface area contributed by atoms with Gasteiger partial charge in [0.25, 0.3) is 0 Å². The van der Waals surface area contributed by atoms with E-state index in [1.54, 1.807) is 14.2 Å². The van der Waals surface area contributed by atoms with Crippen molar-refractivity contribution in [2.24, 2.45) is 0 Å². The standard InChI is InChI=1S/C26H20N2O2/c1-29-23-9-5-3-7-19(23)21-15-13-17-11-12-18-14-16-22(28-26(18)25(17)27-21)20-8-4-6-10-24(20)30-2/h3-16H,1-2H3. The van der Waals surface area contributed by atoms with Gasteiger partial charge < -0.3 is 9.47 Å². The van der Waals surface area contributed by atoms with Gasteiger partial charge in [0, 0.05) is 21.9 Å². The molecule has 5 aromatic rings. The Morgan fingerprint density at radius 2 is 0.900 bits per heavy atom. The fraction of sp³-hybridized carbons (Fsp3) is 0.0769. The minimum atomic E-state index is 0.798. The second-order valence-corrected chi connectivity index (χ2v) is 7.00. The lowest BCUT2D eigenvalue weighted by Gasteiger charge is -2.11. The quantitative estimate of drug-likeness (QED) is 0.345. The number of hydrogen-bond acceptors (Lipinski definition) is 4. The molecule has 2 heterocycles. The molecule has 2 aromatic heterocycles. The summed E-state index contributed by atoms with van der Waals surface area (Å²) < 4.78 is 11.1. The topological polar surface area (TPSA) is 44.2 Å². The molecule has 4 nitrogen and oxygen atoms in total. The van der Waals surface area contributed by atoms with Crippen LogP contribution in [0, 0.1) is 0 Å². The molecule has 0 aliphatic rings. The first-order chi connectivity index (χ1) is 14.8. The molecule has 0 radical (unpaired) electrons. The number of benzene rings is 3. The van der Waals surface area contributed by atoms with Gasteiger partial charge in [-0.25, -0.2) is 9.97 Å². The van der Waals surface area contributed by atoms with Crippen molar-refractivity contribution in [1.82, 2.24) is 9.97 Å². The van der Waals surface area contributed by atoms with Gasteiger partial charge in [-0.15, -0.1) is 0 Å². The average Bonchev–Trinajstić information content (AvgIpc) is 2.83. The fourth-order valence-electron chi connectivity index (χ4n) is 3.78. The zero-order valence-corrected chi connectivity index (χ0v) is 16.8. The van der Waals surface area contributed by atoms with Crippen LogP contribution in [-0.2, 0) is 0 Å². The molecule has 0 spiro atoms. The SMILES string of the molecule is COc1ccccc1-c1ccc2ccc3ccc(-c4ccccc4OC)nc3c2n1. The van der Waals surface area contributed by atoms with Crippen molar-refractivity contribution in [3.05, 3.63) is 84.9 Å². The zero-order valence-electron chi connectivity index (χ0n) is 16.8. The second kappa shape index (κ2) is 7.48. The molecule has 0 fully saturated rings. The van der Waals surface area contributed by atoms with Crippen molar-refractivity contribution in [2.45, 2.75) is 0 Å². The summed E-state index contributed by atoms with van der Waals surface area (Å²) >= 11 is 0. The van der Waals surface area contributed by atoms with Crippen molar-refractivity contribution in [2.75, 3.05) is 14.2 Å². The van der Waals surface area contributed by atoms with Crippen LogP contribution in [0.5, 0.6) is 11.5 Å². The van der Waals surface area contributed by atoms with Gasteiger partial charge in [0.1, 0.15) is 11.5 Å². The summed E-state index contributed by atoms with van der Waals surface area (Å²) in [6, 6.07) is 28.2. The van der Waals surface area contributed by atoms with E-state index in [1.807, 2.05) is 60.7 Å². The molecule has 146 valence electrons. The third kappa shape index (κ3) is 3.03. The minimum absolute atomic E-state index is 0.798. The summed E-state index contributed by atoms with van der Waals surface area (Å²) in [5.74, 6) is 1.60. The van der Waals surface area contributed by atoms with E-state index in [0.29, 0.717) is 0 Å². The number of hydrogen-bond donors (Lipinski definition) is 0. The molecule has 5 rings (SSSR count). The van der Waals surface area contributed by atoms with E-state index in [1.165, 1.54) is 0 Å². The summed E-state index contributed by atoms with van der Waals surface area (Å²) in [6.45, 7) is 0. The van der Waals surface area contributed by atoms with E-state index >= 15 is 0 Å². The number of ether oxygens (including phenoxy) is 2. The fourth-order valence-corrected chi connectivity index (χ4v) is 3.78. The molecule has 0 saturated heterocycles. The smallest absolute Gasteiger partial charge is 0.128 e. The molecular formula is C26H20N2O2. The predicted molar refractivity (Wildman–Crippen MR) is 121 cm³/mol. The molecule has 0 bridgehead atoms. The largest absolute Gasteiger partial charge is 0.496 e. The van der Waals surface area contributed by atoms with Crippen LogP contribution in [0.15, 0.2) is 84.9 Å². The lowest BCUT2D eigenvalue weighted by atomic mass is 10.0. The Bertz CT molecular complexity index is 1270. The summed E-state index contributed by atoms with van der Waals surface area (Å²) in [6.07, 6.45) is 0. The number of aromatic nitrogens is 2. The monoisotopic (exact) mass is 392 g/mol. The van der Waals surface area contributed by atoms with Gasteiger partial charge in [-0.3, -0.25) is 0 Å². The summed E-state index contributed by atoms with van der Waals surface area (Å²) in [5, 5.41) is 2.09. The Morgan fingerprint density at radius 3 is 1.33 bits per heavy atom. The van der Waals surface area contributed by atoms with Crippen LogP contribution in [0.25, 0.3) is 44.3 Å². The summed E-state index contributed by atoms with van der Waals surface area (Å²) in [7, 11) is 3.35. The van der Waals surface area contributed by atoms with Crippen LogP contribution in [0.2, 0.25) is 0 Å². The van der Waals surface area contributed by atoms with Crippen LogP contribution in [0.1, 0.15) is 0 Å². The lowest BCUT2D eigenvalue weighted by Crippen LogP contribution is -1.93. The van der Waals surface area contributed by atoms with Crippen molar-refractivity contribution < 1.29 is 9.47 Å². The highest BCUT2D eigenvalue weighted by molar-refractivity contribution is 6.04. The van der Waals surface area contributed by atoms with Gasteiger partial charge in [-0.1, -0.05) is 48.5 Å². The third-order valence-electron chi connectivity index (χ3n) is 5.29. The van der Waals surface area contributed by atoms with E-state index in [-0.39, 0.29) is 0 Å². The Balaban J connectivity index is 1.75. The number of para-hydroxylation sites is 2. The molecule has 0 aliphatic carbocycles. The predicted octanol–water partition coefficient (Wildman–Crippen LogP) is 6.13. The van der Waals surface area contributed by atoms with E-state index in [4.69, 9.17) is 19.4 Å². The van der Waals surface area contributed by atoms with Gasteiger partial charge in [-0.2, -0.15) is 0 Å². The zero-order chi connectivity index (χ0) is 20.5. The van der Waals surface area contributed by atoms with E-state index in [9.17, 15) is 0 Å². The number of rotatable bonds is 4. The maximum atomic E-state index is 5.53. The van der Waals surface area contributed by atoms with Crippen molar-refractivity contribution in [1.29, 1.82) is 0 Å². The minimum Gasteiger partial charge on any atom is -0.496 e. The number of pyridine rings is 2. The van der Waals surface area contributed by atoms with Crippen molar-refractivity contribution in [3.63, 3.8) is 0 Å². The number of nitrogens with zero attached hydrogens (tertiary/aromatic N) is 2. The summed E-state index contributed by atoms with van der Waals surface area (Å²) in [4.78, 5) is 9.97. The first kappa shape index (κ1) is 18.1. The highest BCUT2D eigenvalue weighted by Crippen LogP contribution is 2.33. The molecular weight excluding hydrogens is 372 g/mol. The van der Waals surface area contributed by atoms with Gasteiger partial charge in [0.05, 0.1) is 36.6 Å². The first-order valence-electron chi connectivity index (χ1n) is 9.76. The molecule has 0 saturated carbocycles. The first-order valence-corrected chi connectivity index (χ1v) is 9.76. The van der Waals surface area contributed by atoms with E-state index in [0.717, 1.165) is 55.8 Å². The van der Waals surface area contributed by atoms with Gasteiger partial charge >= 0.3 is 0 Å². The number of fused-ring (bicyclic) bond motifs is 3. The highest BCUT2D eigenvalue weighted by Gasteiger charge is 2.12. The van der Waals surface area contributed by atoms with Crippen molar-refractivity contribution >= 4 is 21.8 Å².